The first-order chi connectivity index (χ1) is 7.88. The minimum absolute atomic E-state index is 0.0136. The molecular weight excluding hydrogens is 236 g/mol. The molecule has 1 aromatic heterocycles. The van der Waals surface area contributed by atoms with Crippen LogP contribution in [0, 0.1) is 0 Å². The Bertz CT molecular complexity index is 541. The monoisotopic (exact) mass is 250 g/mol. The number of nitrogens with zero attached hydrogens (tertiary/aromatic N) is 2. The Morgan fingerprint density at radius 3 is 2.47 bits per heavy atom. The normalized spacial score (nSPS) is 11.8. The zero-order valence-electron chi connectivity index (χ0n) is 10.1. The number of halogens is 1. The lowest BCUT2D eigenvalue weighted by atomic mass is 9.93. The average Bonchev–Trinajstić information content (AvgIpc) is 2.70. The minimum Gasteiger partial charge on any atom is -0.506 e. The van der Waals surface area contributed by atoms with Crippen LogP contribution in [0.5, 0.6) is 5.75 Å². The van der Waals surface area contributed by atoms with Crippen molar-refractivity contribution in [3.63, 3.8) is 0 Å². The standard InChI is InChI=1S/C13H15ClN2O/c1-13(2,3)12-6-7-16(15-12)9-4-5-10(14)11(17)8-9/h4-8,17H,1-3H3. The van der Waals surface area contributed by atoms with E-state index in [1.165, 1.54) is 0 Å². The molecule has 0 aliphatic heterocycles. The molecule has 1 aromatic carbocycles. The highest BCUT2D eigenvalue weighted by molar-refractivity contribution is 6.32. The molecule has 1 N–H and O–H groups in total. The Morgan fingerprint density at radius 1 is 1.24 bits per heavy atom. The van der Waals surface area contributed by atoms with Crippen LogP contribution < -0.4 is 0 Å². The first-order valence-electron chi connectivity index (χ1n) is 5.43. The van der Waals surface area contributed by atoms with Crippen LogP contribution in [0.25, 0.3) is 5.69 Å². The topological polar surface area (TPSA) is 38.0 Å². The van der Waals surface area contributed by atoms with E-state index in [2.05, 4.69) is 25.9 Å². The fourth-order valence-electron chi connectivity index (χ4n) is 1.51. The second kappa shape index (κ2) is 4.08. The third-order valence-corrected chi connectivity index (χ3v) is 2.87. The molecule has 0 spiro atoms. The highest BCUT2D eigenvalue weighted by atomic mass is 35.5. The smallest absolute Gasteiger partial charge is 0.136 e. The maximum Gasteiger partial charge on any atom is 0.136 e. The molecule has 0 aliphatic carbocycles. The summed E-state index contributed by atoms with van der Waals surface area (Å²) in [6.45, 7) is 6.33. The predicted molar refractivity (Wildman–Crippen MR) is 68.9 cm³/mol. The van der Waals surface area contributed by atoms with E-state index < -0.39 is 0 Å². The van der Waals surface area contributed by atoms with Gasteiger partial charge >= 0.3 is 0 Å². The predicted octanol–water partition coefficient (Wildman–Crippen LogP) is 3.53. The molecule has 0 aliphatic rings. The molecule has 17 heavy (non-hydrogen) atoms. The van der Waals surface area contributed by atoms with Crippen molar-refractivity contribution in [3.05, 3.63) is 41.2 Å². The number of hydrogen-bond acceptors (Lipinski definition) is 2. The van der Waals surface area contributed by atoms with E-state index in [4.69, 9.17) is 11.6 Å². The van der Waals surface area contributed by atoms with Crippen LogP contribution in [0.3, 0.4) is 0 Å². The lowest BCUT2D eigenvalue weighted by Gasteiger charge is -2.14. The summed E-state index contributed by atoms with van der Waals surface area (Å²) >= 11 is 5.77. The zero-order chi connectivity index (χ0) is 12.6. The third kappa shape index (κ3) is 2.44. The number of phenols is 1. The maximum absolute atomic E-state index is 9.56. The van der Waals surface area contributed by atoms with Gasteiger partial charge in [0.05, 0.1) is 16.4 Å². The van der Waals surface area contributed by atoms with Crippen molar-refractivity contribution in [3.8, 4) is 11.4 Å². The molecule has 0 fully saturated rings. The number of aromatic hydroxyl groups is 1. The summed E-state index contributed by atoms with van der Waals surface area (Å²) < 4.78 is 1.73. The fraction of sp³-hybridized carbons (Fsp3) is 0.308. The molecule has 3 nitrogen and oxygen atoms in total. The van der Waals surface area contributed by atoms with Gasteiger partial charge in [-0.25, -0.2) is 4.68 Å². The van der Waals surface area contributed by atoms with E-state index in [9.17, 15) is 5.11 Å². The van der Waals surface area contributed by atoms with Gasteiger partial charge in [-0.3, -0.25) is 0 Å². The first kappa shape index (κ1) is 12.0. The third-order valence-electron chi connectivity index (χ3n) is 2.55. The van der Waals surface area contributed by atoms with Crippen molar-refractivity contribution in [1.82, 2.24) is 9.78 Å². The van der Waals surface area contributed by atoms with Crippen LogP contribution in [0.2, 0.25) is 5.02 Å². The highest BCUT2D eigenvalue weighted by Crippen LogP contribution is 2.26. The van der Waals surface area contributed by atoms with Crippen LogP contribution in [-0.4, -0.2) is 14.9 Å². The number of phenolic OH excluding ortho intramolecular Hbond substituents is 1. The molecule has 90 valence electrons. The molecule has 0 radical (unpaired) electrons. The summed E-state index contributed by atoms with van der Waals surface area (Å²) in [6.07, 6.45) is 1.88. The maximum atomic E-state index is 9.56. The number of aromatic nitrogens is 2. The number of rotatable bonds is 1. The fourth-order valence-corrected chi connectivity index (χ4v) is 1.63. The van der Waals surface area contributed by atoms with Crippen molar-refractivity contribution >= 4 is 11.6 Å². The lowest BCUT2D eigenvalue weighted by Crippen LogP contribution is -2.12. The van der Waals surface area contributed by atoms with Crippen LogP contribution in [0.15, 0.2) is 30.5 Å². The van der Waals surface area contributed by atoms with Crippen LogP contribution >= 0.6 is 11.6 Å². The summed E-state index contributed by atoms with van der Waals surface area (Å²) in [5, 5.41) is 14.4. The Kier molecular flexibility index (Phi) is 2.87. The second-order valence-electron chi connectivity index (χ2n) is 5.03. The molecule has 0 atom stereocenters. The van der Waals surface area contributed by atoms with Crippen LogP contribution in [-0.2, 0) is 5.41 Å². The molecule has 0 saturated heterocycles. The summed E-state index contributed by atoms with van der Waals surface area (Å²) in [5.74, 6) is 0.0666. The Labute approximate surface area is 106 Å². The Morgan fingerprint density at radius 2 is 1.94 bits per heavy atom. The molecule has 4 heteroatoms. The van der Waals surface area contributed by atoms with Gasteiger partial charge in [-0.1, -0.05) is 32.4 Å². The summed E-state index contributed by atoms with van der Waals surface area (Å²) in [5.41, 5.74) is 1.81. The van der Waals surface area contributed by atoms with E-state index in [-0.39, 0.29) is 11.2 Å². The van der Waals surface area contributed by atoms with Crippen LogP contribution in [0.4, 0.5) is 0 Å². The first-order valence-corrected chi connectivity index (χ1v) is 5.81. The van der Waals surface area contributed by atoms with Gasteiger partial charge in [0.25, 0.3) is 0 Å². The van der Waals surface area contributed by atoms with Crippen molar-refractivity contribution in [2.24, 2.45) is 0 Å². The zero-order valence-corrected chi connectivity index (χ0v) is 10.9. The highest BCUT2D eigenvalue weighted by Gasteiger charge is 2.17. The van der Waals surface area contributed by atoms with Crippen molar-refractivity contribution < 1.29 is 5.11 Å². The number of hydrogen-bond donors (Lipinski definition) is 1. The molecule has 0 bridgehead atoms. The average molecular weight is 251 g/mol. The molecular formula is C13H15ClN2O. The van der Waals surface area contributed by atoms with Gasteiger partial charge in [0.15, 0.2) is 0 Å². The van der Waals surface area contributed by atoms with Gasteiger partial charge in [0.1, 0.15) is 5.75 Å². The van der Waals surface area contributed by atoms with E-state index in [0.29, 0.717) is 5.02 Å². The minimum atomic E-state index is 0.0136. The van der Waals surface area contributed by atoms with Crippen molar-refractivity contribution in [1.29, 1.82) is 0 Å². The molecule has 1 heterocycles. The largest absolute Gasteiger partial charge is 0.506 e. The lowest BCUT2D eigenvalue weighted by molar-refractivity contribution is 0.475. The van der Waals surface area contributed by atoms with Crippen molar-refractivity contribution in [2.75, 3.05) is 0 Å². The van der Waals surface area contributed by atoms with Gasteiger partial charge in [0, 0.05) is 17.7 Å². The second-order valence-corrected chi connectivity index (χ2v) is 5.44. The molecule has 0 unspecified atom stereocenters. The van der Waals surface area contributed by atoms with Gasteiger partial charge in [-0.15, -0.1) is 0 Å². The van der Waals surface area contributed by atoms with Gasteiger partial charge in [0.2, 0.25) is 0 Å². The van der Waals surface area contributed by atoms with E-state index in [1.807, 2.05) is 18.3 Å². The summed E-state index contributed by atoms with van der Waals surface area (Å²) in [4.78, 5) is 0. The van der Waals surface area contributed by atoms with Gasteiger partial charge in [-0.05, 0) is 18.2 Å². The molecule has 0 amide bonds. The summed E-state index contributed by atoms with van der Waals surface area (Å²) in [7, 11) is 0. The van der Waals surface area contributed by atoms with Gasteiger partial charge in [-0.2, -0.15) is 5.10 Å². The van der Waals surface area contributed by atoms with Crippen LogP contribution in [0.1, 0.15) is 26.5 Å². The van der Waals surface area contributed by atoms with Gasteiger partial charge < -0.3 is 5.11 Å². The SMILES string of the molecule is CC(C)(C)c1ccn(-c2ccc(Cl)c(O)c2)n1. The van der Waals surface area contributed by atoms with E-state index in [1.54, 1.807) is 16.8 Å². The summed E-state index contributed by atoms with van der Waals surface area (Å²) in [6, 6.07) is 7.06. The van der Waals surface area contributed by atoms with E-state index >= 15 is 0 Å². The molecule has 2 aromatic rings. The Balaban J connectivity index is 2.40. The molecule has 2 rings (SSSR count). The Hall–Kier alpha value is -1.48. The molecule has 0 saturated carbocycles. The number of benzene rings is 1. The van der Waals surface area contributed by atoms with Crippen molar-refractivity contribution in [2.45, 2.75) is 26.2 Å². The quantitative estimate of drug-likeness (QED) is 0.841. The van der Waals surface area contributed by atoms with E-state index in [0.717, 1.165) is 11.4 Å².